The molecule has 0 saturated carbocycles. The first-order chi connectivity index (χ1) is 7.69. The Balaban J connectivity index is 2.79. The van der Waals surface area contributed by atoms with Crippen molar-refractivity contribution in [3.05, 3.63) is 29.1 Å². The van der Waals surface area contributed by atoms with Crippen molar-refractivity contribution < 1.29 is 21.6 Å². The van der Waals surface area contributed by atoms with E-state index in [4.69, 9.17) is 5.14 Å². The zero-order valence-electron chi connectivity index (χ0n) is 8.15. The predicted molar refractivity (Wildman–Crippen MR) is 58.2 cm³/mol. The Bertz CT molecular complexity index is 673. The van der Waals surface area contributed by atoms with Crippen LogP contribution in [0.2, 0.25) is 0 Å². The van der Waals surface area contributed by atoms with Gasteiger partial charge in [-0.25, -0.2) is 13.6 Å². The van der Waals surface area contributed by atoms with Gasteiger partial charge in [-0.1, -0.05) is 6.07 Å². The third kappa shape index (κ3) is 2.28. The van der Waals surface area contributed by atoms with Crippen molar-refractivity contribution in [2.24, 2.45) is 5.14 Å². The highest BCUT2D eigenvalue weighted by Gasteiger charge is 2.33. The van der Waals surface area contributed by atoms with Gasteiger partial charge in [-0.3, -0.25) is 0 Å². The van der Waals surface area contributed by atoms with Crippen LogP contribution in [-0.4, -0.2) is 8.42 Å². The Morgan fingerprint density at radius 3 is 2.41 bits per heavy atom. The van der Waals surface area contributed by atoms with Crippen molar-refractivity contribution in [1.29, 1.82) is 0 Å². The molecule has 0 unspecified atom stereocenters. The topological polar surface area (TPSA) is 60.2 Å². The minimum Gasteiger partial charge on any atom is -0.225 e. The van der Waals surface area contributed by atoms with E-state index in [-0.39, 0.29) is 15.0 Å². The number of fused-ring (bicyclic) bond motifs is 1. The second-order valence-electron chi connectivity index (χ2n) is 3.32. The highest BCUT2D eigenvalue weighted by Crippen LogP contribution is 2.39. The SMILES string of the molecule is NS(=O)(=O)c1cccc2sc(C(F)(F)F)cc12. The van der Waals surface area contributed by atoms with Crippen molar-refractivity contribution >= 4 is 31.4 Å². The molecule has 2 N–H and O–H groups in total. The van der Waals surface area contributed by atoms with Gasteiger partial charge in [0, 0.05) is 10.1 Å². The number of benzene rings is 1. The molecule has 8 heteroatoms. The fourth-order valence-electron chi connectivity index (χ4n) is 1.42. The monoisotopic (exact) mass is 281 g/mol. The standard InChI is InChI=1S/C9H6F3NO2S2/c10-9(11,12)8-4-5-6(16-8)2-1-3-7(5)17(13,14)15/h1-4H,(H2,13,14,15). The van der Waals surface area contributed by atoms with E-state index in [0.29, 0.717) is 11.3 Å². The fraction of sp³-hybridized carbons (Fsp3) is 0.111. The van der Waals surface area contributed by atoms with Crippen LogP contribution in [0.4, 0.5) is 13.2 Å². The number of primary sulfonamides is 1. The number of halogens is 3. The number of hydrogen-bond donors (Lipinski definition) is 1. The molecule has 0 bridgehead atoms. The summed E-state index contributed by atoms with van der Waals surface area (Å²) in [4.78, 5) is -1.13. The van der Waals surface area contributed by atoms with E-state index in [1.54, 1.807) is 0 Å². The van der Waals surface area contributed by atoms with Gasteiger partial charge < -0.3 is 0 Å². The molecule has 0 radical (unpaired) electrons. The summed E-state index contributed by atoms with van der Waals surface area (Å²) in [7, 11) is -4.02. The summed E-state index contributed by atoms with van der Waals surface area (Å²) < 4.78 is 60.1. The fourth-order valence-corrected chi connectivity index (χ4v) is 3.19. The van der Waals surface area contributed by atoms with Crippen LogP contribution in [0.25, 0.3) is 10.1 Å². The van der Waals surface area contributed by atoms with Crippen LogP contribution in [-0.2, 0) is 16.2 Å². The van der Waals surface area contributed by atoms with Crippen LogP contribution in [0.3, 0.4) is 0 Å². The molecule has 0 atom stereocenters. The zero-order chi connectivity index (χ0) is 12.8. The number of hydrogen-bond acceptors (Lipinski definition) is 3. The Morgan fingerprint density at radius 1 is 1.24 bits per heavy atom. The first kappa shape index (κ1) is 12.3. The lowest BCUT2D eigenvalue weighted by Gasteiger charge is -2.00. The number of rotatable bonds is 1. The van der Waals surface area contributed by atoms with Gasteiger partial charge >= 0.3 is 6.18 Å². The van der Waals surface area contributed by atoms with Crippen LogP contribution in [0.15, 0.2) is 29.2 Å². The van der Waals surface area contributed by atoms with E-state index in [2.05, 4.69) is 0 Å². The second kappa shape index (κ2) is 3.69. The number of thiophene rings is 1. The minimum atomic E-state index is -4.49. The lowest BCUT2D eigenvalue weighted by Crippen LogP contribution is -2.12. The van der Waals surface area contributed by atoms with Gasteiger partial charge in [-0.05, 0) is 18.2 Å². The third-order valence-corrected chi connectivity index (χ3v) is 4.22. The van der Waals surface area contributed by atoms with Crippen molar-refractivity contribution in [3.8, 4) is 0 Å². The van der Waals surface area contributed by atoms with Gasteiger partial charge in [0.1, 0.15) is 4.88 Å². The van der Waals surface area contributed by atoms with Gasteiger partial charge in [-0.15, -0.1) is 11.3 Å². The van der Waals surface area contributed by atoms with Gasteiger partial charge in [0.25, 0.3) is 0 Å². The molecule has 92 valence electrons. The van der Waals surface area contributed by atoms with Crippen LogP contribution < -0.4 is 5.14 Å². The average Bonchev–Trinajstić information content (AvgIpc) is 2.57. The maximum absolute atomic E-state index is 12.5. The molecule has 0 aliphatic rings. The molecule has 2 rings (SSSR count). The molecule has 3 nitrogen and oxygen atoms in total. The summed E-state index contributed by atoms with van der Waals surface area (Å²) in [5, 5.41) is 4.94. The second-order valence-corrected chi connectivity index (χ2v) is 5.94. The molecule has 2 aromatic rings. The van der Waals surface area contributed by atoms with E-state index in [9.17, 15) is 21.6 Å². The Morgan fingerprint density at radius 2 is 1.88 bits per heavy atom. The van der Waals surface area contributed by atoms with E-state index in [1.165, 1.54) is 18.2 Å². The molecule has 0 aliphatic carbocycles. The summed E-state index contributed by atoms with van der Waals surface area (Å²) >= 11 is 0.489. The Labute approximate surface area is 98.7 Å². The van der Waals surface area contributed by atoms with Crippen molar-refractivity contribution in [3.63, 3.8) is 0 Å². The lowest BCUT2D eigenvalue weighted by atomic mass is 10.2. The van der Waals surface area contributed by atoms with E-state index >= 15 is 0 Å². The molecular formula is C9H6F3NO2S2. The van der Waals surface area contributed by atoms with Crippen molar-refractivity contribution in [2.45, 2.75) is 11.1 Å². The third-order valence-electron chi connectivity index (χ3n) is 2.11. The quantitative estimate of drug-likeness (QED) is 0.873. The zero-order valence-corrected chi connectivity index (χ0v) is 9.79. The van der Waals surface area contributed by atoms with Gasteiger partial charge in [0.05, 0.1) is 4.90 Å². The van der Waals surface area contributed by atoms with Crippen LogP contribution in [0, 0.1) is 0 Å². The normalized spacial score (nSPS) is 13.2. The maximum atomic E-state index is 12.5. The summed E-state index contributed by atoms with van der Waals surface area (Å²) in [5.41, 5.74) is 0. The van der Waals surface area contributed by atoms with E-state index in [1.807, 2.05) is 0 Å². The first-order valence-electron chi connectivity index (χ1n) is 4.32. The predicted octanol–water partition coefficient (Wildman–Crippen LogP) is 2.57. The summed E-state index contributed by atoms with van der Waals surface area (Å²) in [6.07, 6.45) is -4.49. The van der Waals surface area contributed by atoms with E-state index in [0.717, 1.165) is 6.07 Å². The van der Waals surface area contributed by atoms with Crippen molar-refractivity contribution in [1.82, 2.24) is 0 Å². The number of alkyl halides is 3. The van der Waals surface area contributed by atoms with Gasteiger partial charge in [-0.2, -0.15) is 13.2 Å². The summed E-state index contributed by atoms with van der Waals surface area (Å²) in [6.45, 7) is 0. The molecular weight excluding hydrogens is 275 g/mol. The number of nitrogens with two attached hydrogens (primary N) is 1. The molecule has 0 saturated heterocycles. The molecule has 1 heterocycles. The highest BCUT2D eigenvalue weighted by molar-refractivity contribution is 7.89. The maximum Gasteiger partial charge on any atom is 0.425 e. The van der Waals surface area contributed by atoms with Crippen LogP contribution >= 0.6 is 11.3 Å². The molecule has 0 spiro atoms. The minimum absolute atomic E-state index is 0.00678. The molecule has 0 amide bonds. The first-order valence-corrected chi connectivity index (χ1v) is 6.68. The molecule has 17 heavy (non-hydrogen) atoms. The Kier molecular flexibility index (Phi) is 2.68. The van der Waals surface area contributed by atoms with Gasteiger partial charge in [0.2, 0.25) is 10.0 Å². The Hall–Kier alpha value is -1.12. The summed E-state index contributed by atoms with van der Waals surface area (Å²) in [6, 6.07) is 4.77. The highest BCUT2D eigenvalue weighted by atomic mass is 32.2. The van der Waals surface area contributed by atoms with Crippen LogP contribution in [0.5, 0.6) is 0 Å². The number of sulfonamides is 1. The summed E-state index contributed by atoms with van der Waals surface area (Å²) in [5.74, 6) is 0. The van der Waals surface area contributed by atoms with E-state index < -0.39 is 21.1 Å². The van der Waals surface area contributed by atoms with Gasteiger partial charge in [0.15, 0.2) is 0 Å². The molecule has 1 aromatic heterocycles. The lowest BCUT2D eigenvalue weighted by molar-refractivity contribution is -0.134. The molecule has 0 aliphatic heterocycles. The average molecular weight is 281 g/mol. The smallest absolute Gasteiger partial charge is 0.225 e. The molecule has 1 aromatic carbocycles. The largest absolute Gasteiger partial charge is 0.425 e. The van der Waals surface area contributed by atoms with Crippen molar-refractivity contribution in [2.75, 3.05) is 0 Å². The molecule has 0 fully saturated rings. The van der Waals surface area contributed by atoms with Crippen LogP contribution in [0.1, 0.15) is 4.88 Å².